The number of aliphatic hydroxyl groups excluding tert-OH is 1. The van der Waals surface area contributed by atoms with Crippen LogP contribution in [0.25, 0.3) is 0 Å². The van der Waals surface area contributed by atoms with Crippen LogP contribution in [0.2, 0.25) is 0 Å². The number of rotatable bonds is 1. The van der Waals surface area contributed by atoms with Gasteiger partial charge in [-0.1, -0.05) is 0 Å². The average Bonchev–Trinajstić information content (AvgIpc) is 1.91. The molecule has 5 nitrogen and oxygen atoms in total. The molecule has 0 radical (unpaired) electrons. The van der Waals surface area contributed by atoms with Crippen molar-refractivity contribution in [3.8, 4) is 0 Å². The van der Waals surface area contributed by atoms with E-state index in [0.717, 1.165) is 6.41 Å². The predicted octanol–water partition coefficient (Wildman–Crippen LogP) is -1.20. The van der Waals surface area contributed by atoms with Gasteiger partial charge in [-0.2, -0.15) is 0 Å². The fraction of sp³-hybridized carbons (Fsp3) is 0.667. The summed E-state index contributed by atoms with van der Waals surface area (Å²) in [5.41, 5.74) is 4.17. The maximum atomic E-state index is 9.43. The van der Waals surface area contributed by atoms with Crippen molar-refractivity contribution >= 4 is 12.8 Å². The number of carbonyl (C=O) groups excluding carboxylic acids is 2. The van der Waals surface area contributed by atoms with Gasteiger partial charge in [0, 0.05) is 20.7 Å². The van der Waals surface area contributed by atoms with Gasteiger partial charge < -0.3 is 15.7 Å². The summed E-state index contributed by atoms with van der Waals surface area (Å²) in [7, 11) is 3.38. The molecule has 0 rings (SSSR count). The average molecular weight is 164 g/mol. The van der Waals surface area contributed by atoms with Gasteiger partial charge in [0.1, 0.15) is 0 Å². The van der Waals surface area contributed by atoms with Crippen molar-refractivity contribution in [1.29, 1.82) is 0 Å². The third-order valence-electron chi connectivity index (χ3n) is 0.211. The minimum absolute atomic E-state index is 0.250. The summed E-state index contributed by atoms with van der Waals surface area (Å²) in [4.78, 5) is 19.5. The molecule has 0 saturated heterocycles. The monoisotopic (exact) mass is 164 g/mol. The molecule has 0 aliphatic rings. The maximum absolute atomic E-state index is 9.43. The molecule has 0 aliphatic carbocycles. The van der Waals surface area contributed by atoms with Crippen molar-refractivity contribution in [3.63, 3.8) is 0 Å². The molecule has 0 aromatic carbocycles. The highest BCUT2D eigenvalue weighted by Gasteiger charge is 1.68. The van der Waals surface area contributed by atoms with Crippen LogP contribution in [-0.2, 0) is 9.59 Å². The number of nitrogens with two attached hydrogens (primary N) is 1. The topological polar surface area (TPSA) is 83.6 Å². The SMILES string of the molecule is CCO.CN(C)C=O.NC=O. The number of hydrogen-bond acceptors (Lipinski definition) is 3. The summed E-state index contributed by atoms with van der Waals surface area (Å²) in [6, 6.07) is 0. The van der Waals surface area contributed by atoms with E-state index in [1.54, 1.807) is 21.0 Å². The van der Waals surface area contributed by atoms with E-state index in [-0.39, 0.29) is 13.0 Å². The summed E-state index contributed by atoms with van der Waals surface area (Å²) < 4.78 is 0. The first kappa shape index (κ1) is 16.5. The molecule has 3 N–H and O–H groups in total. The van der Waals surface area contributed by atoms with E-state index < -0.39 is 0 Å². The Bertz CT molecular complexity index is 76.2. The summed E-state index contributed by atoms with van der Waals surface area (Å²) in [6.45, 7) is 1.93. The fourth-order valence-electron chi connectivity index (χ4n) is 0. The van der Waals surface area contributed by atoms with Crippen LogP contribution in [-0.4, -0.2) is 43.5 Å². The molecule has 0 aliphatic heterocycles. The van der Waals surface area contributed by atoms with E-state index in [9.17, 15) is 4.79 Å². The van der Waals surface area contributed by atoms with Gasteiger partial charge in [0.05, 0.1) is 0 Å². The lowest BCUT2D eigenvalue weighted by molar-refractivity contribution is -0.116. The molecule has 11 heavy (non-hydrogen) atoms. The molecule has 0 bridgehead atoms. The van der Waals surface area contributed by atoms with Gasteiger partial charge in [0.25, 0.3) is 0 Å². The highest BCUT2D eigenvalue weighted by Crippen LogP contribution is 1.52. The lowest BCUT2D eigenvalue weighted by atomic mass is 10.9. The zero-order valence-corrected chi connectivity index (χ0v) is 7.15. The summed E-state index contributed by atoms with van der Waals surface area (Å²) >= 11 is 0. The van der Waals surface area contributed by atoms with Crippen LogP contribution >= 0.6 is 0 Å². The quantitative estimate of drug-likeness (QED) is 0.478. The standard InChI is InChI=1S/C3H7NO.C2H6O.CH3NO/c1-4(2)3-5;1-2-3;2-1-3/h3H,1-2H3;3H,2H2,1H3;1H,(H2,2,3). The van der Waals surface area contributed by atoms with E-state index in [0.29, 0.717) is 0 Å². The molecule has 0 heterocycles. The molecule has 0 saturated carbocycles. The van der Waals surface area contributed by atoms with Crippen LogP contribution in [0.1, 0.15) is 6.92 Å². The number of aliphatic hydroxyl groups is 1. The molecule has 2 amide bonds. The normalized spacial score (nSPS) is 5.82. The van der Waals surface area contributed by atoms with Crippen molar-refractivity contribution in [2.24, 2.45) is 5.73 Å². The molecule has 68 valence electrons. The summed E-state index contributed by atoms with van der Waals surface area (Å²) in [5.74, 6) is 0. The summed E-state index contributed by atoms with van der Waals surface area (Å²) in [6.07, 6.45) is 1.00. The van der Waals surface area contributed by atoms with Gasteiger partial charge in [-0.25, -0.2) is 0 Å². The van der Waals surface area contributed by atoms with E-state index in [4.69, 9.17) is 9.90 Å². The third-order valence-corrected chi connectivity index (χ3v) is 0.211. The molecule has 0 spiro atoms. The number of nitrogens with zero attached hydrogens (tertiary/aromatic N) is 1. The van der Waals surface area contributed by atoms with E-state index in [1.807, 2.05) is 0 Å². The zero-order chi connectivity index (χ0) is 9.70. The van der Waals surface area contributed by atoms with Crippen molar-refractivity contribution in [1.82, 2.24) is 4.90 Å². The summed E-state index contributed by atoms with van der Waals surface area (Å²) in [5, 5.41) is 7.57. The third kappa shape index (κ3) is 523. The first-order valence-electron chi connectivity index (χ1n) is 2.98. The number of carbonyl (C=O) groups is 2. The minimum atomic E-state index is 0.250. The molecule has 0 unspecified atom stereocenters. The van der Waals surface area contributed by atoms with E-state index in [2.05, 4.69) is 5.73 Å². The Morgan fingerprint density at radius 1 is 1.45 bits per heavy atom. The second-order valence-electron chi connectivity index (χ2n) is 1.52. The van der Waals surface area contributed by atoms with Crippen molar-refractivity contribution in [3.05, 3.63) is 0 Å². The zero-order valence-electron chi connectivity index (χ0n) is 7.15. The van der Waals surface area contributed by atoms with Crippen molar-refractivity contribution in [2.75, 3.05) is 20.7 Å². The molecular formula is C6H16N2O3. The van der Waals surface area contributed by atoms with Crippen LogP contribution in [0.5, 0.6) is 0 Å². The van der Waals surface area contributed by atoms with Crippen LogP contribution in [0.3, 0.4) is 0 Å². The van der Waals surface area contributed by atoms with Gasteiger partial charge >= 0.3 is 0 Å². The molecule has 0 atom stereocenters. The first-order valence-corrected chi connectivity index (χ1v) is 2.98. The lowest BCUT2D eigenvalue weighted by Crippen LogP contribution is -2.06. The van der Waals surface area contributed by atoms with Gasteiger partial charge in [0.15, 0.2) is 0 Å². The Morgan fingerprint density at radius 3 is 1.55 bits per heavy atom. The smallest absolute Gasteiger partial charge is 0.209 e. The highest BCUT2D eigenvalue weighted by atomic mass is 16.2. The highest BCUT2D eigenvalue weighted by molar-refractivity contribution is 5.45. The van der Waals surface area contributed by atoms with Crippen molar-refractivity contribution in [2.45, 2.75) is 6.92 Å². The second kappa shape index (κ2) is 23.1. The van der Waals surface area contributed by atoms with Gasteiger partial charge in [0.2, 0.25) is 12.8 Å². The van der Waals surface area contributed by atoms with E-state index in [1.165, 1.54) is 4.90 Å². The number of primary amides is 1. The van der Waals surface area contributed by atoms with Gasteiger partial charge in [-0.05, 0) is 6.92 Å². The van der Waals surface area contributed by atoms with Crippen LogP contribution < -0.4 is 5.73 Å². The Morgan fingerprint density at radius 2 is 1.55 bits per heavy atom. The minimum Gasteiger partial charge on any atom is -0.397 e. The number of amides is 2. The molecular weight excluding hydrogens is 148 g/mol. The fourth-order valence-corrected chi connectivity index (χ4v) is 0. The Labute approximate surface area is 66.8 Å². The van der Waals surface area contributed by atoms with Crippen molar-refractivity contribution < 1.29 is 14.7 Å². The Balaban J connectivity index is -0.0000000933. The Hall–Kier alpha value is -1.10. The predicted molar refractivity (Wildman–Crippen MR) is 42.8 cm³/mol. The molecule has 0 aromatic heterocycles. The maximum Gasteiger partial charge on any atom is 0.209 e. The Kier molecular flexibility index (Phi) is 34.6. The van der Waals surface area contributed by atoms with Crippen LogP contribution in [0.15, 0.2) is 0 Å². The first-order chi connectivity index (χ1) is 5.10. The lowest BCUT2D eigenvalue weighted by Gasteiger charge is -1.93. The largest absolute Gasteiger partial charge is 0.397 e. The van der Waals surface area contributed by atoms with Gasteiger partial charge in [-0.15, -0.1) is 0 Å². The molecule has 0 fully saturated rings. The van der Waals surface area contributed by atoms with E-state index >= 15 is 0 Å². The van der Waals surface area contributed by atoms with Crippen LogP contribution in [0, 0.1) is 0 Å². The van der Waals surface area contributed by atoms with Gasteiger partial charge in [-0.3, -0.25) is 9.59 Å². The molecule has 0 aromatic rings. The van der Waals surface area contributed by atoms with Crippen LogP contribution in [0.4, 0.5) is 0 Å². The second-order valence-corrected chi connectivity index (χ2v) is 1.52. The molecule has 5 heteroatoms. The number of hydrogen-bond donors (Lipinski definition) is 2.